The van der Waals surface area contributed by atoms with Gasteiger partial charge in [-0.15, -0.1) is 10.2 Å². The van der Waals surface area contributed by atoms with Gasteiger partial charge in [-0.3, -0.25) is 14.2 Å². The SMILES string of the molecule is Cc1oc2ncn(Cc3nnn(C[C@H](O)c4cc5cc(F)ccc5o4)n3)c(=O)c2c1C(N)=O. The highest BCUT2D eigenvalue weighted by Crippen LogP contribution is 2.25. The van der Waals surface area contributed by atoms with E-state index in [0.29, 0.717) is 11.0 Å². The summed E-state index contributed by atoms with van der Waals surface area (Å²) in [6.45, 7) is 1.33. The Morgan fingerprint density at radius 1 is 1.30 bits per heavy atom. The van der Waals surface area contributed by atoms with Gasteiger partial charge >= 0.3 is 0 Å². The Balaban J connectivity index is 1.37. The number of aliphatic hydroxyl groups excluding tert-OH is 1. The Labute approximate surface area is 183 Å². The molecule has 1 amide bonds. The summed E-state index contributed by atoms with van der Waals surface area (Å²) in [6.07, 6.45) is 0.122. The summed E-state index contributed by atoms with van der Waals surface area (Å²) in [4.78, 5) is 29.7. The van der Waals surface area contributed by atoms with Crippen molar-refractivity contribution < 1.29 is 23.1 Å². The highest BCUT2D eigenvalue weighted by Gasteiger charge is 2.22. The Morgan fingerprint density at radius 3 is 2.91 bits per heavy atom. The first-order chi connectivity index (χ1) is 15.8. The Kier molecular flexibility index (Phi) is 4.74. The van der Waals surface area contributed by atoms with Gasteiger partial charge < -0.3 is 19.7 Å². The predicted octanol–water partition coefficient (Wildman–Crippen LogP) is 1.05. The molecular weight excluding hydrogens is 437 g/mol. The number of hydrogen-bond acceptors (Lipinski definition) is 9. The van der Waals surface area contributed by atoms with Gasteiger partial charge in [0.25, 0.3) is 11.5 Å². The minimum Gasteiger partial charge on any atom is -0.458 e. The fourth-order valence-corrected chi connectivity index (χ4v) is 3.56. The van der Waals surface area contributed by atoms with Crippen molar-refractivity contribution in [1.82, 2.24) is 29.8 Å². The van der Waals surface area contributed by atoms with E-state index in [9.17, 15) is 19.1 Å². The molecule has 0 saturated carbocycles. The summed E-state index contributed by atoms with van der Waals surface area (Å²) >= 11 is 0. The van der Waals surface area contributed by atoms with Gasteiger partial charge in [0.2, 0.25) is 5.71 Å². The van der Waals surface area contributed by atoms with Gasteiger partial charge in [-0.25, -0.2) is 9.37 Å². The van der Waals surface area contributed by atoms with E-state index < -0.39 is 23.4 Å². The van der Waals surface area contributed by atoms with Crippen LogP contribution in [0.3, 0.4) is 0 Å². The lowest BCUT2D eigenvalue weighted by Gasteiger charge is -2.05. The number of hydrogen-bond donors (Lipinski definition) is 2. The van der Waals surface area contributed by atoms with Crippen molar-refractivity contribution in [3.63, 3.8) is 0 Å². The van der Waals surface area contributed by atoms with Crippen LogP contribution in [0.1, 0.15) is 33.8 Å². The first-order valence-corrected chi connectivity index (χ1v) is 9.72. The van der Waals surface area contributed by atoms with Crippen molar-refractivity contribution >= 4 is 28.0 Å². The Hall–Kier alpha value is -4.39. The predicted molar refractivity (Wildman–Crippen MR) is 110 cm³/mol. The lowest BCUT2D eigenvalue weighted by molar-refractivity contribution is 0.1000. The standard InChI is InChI=1S/C20H16FN7O5/c1-9-16(18(22)30)17-19(32-9)23-8-27(20(17)31)7-15-24-26-28(25-15)6-12(29)14-5-10-4-11(21)2-3-13(10)33-14/h2-5,8,12,29H,6-7H2,1H3,(H2,22,30)/t12-/m0/s1. The summed E-state index contributed by atoms with van der Waals surface area (Å²) in [5.41, 5.74) is 5.24. The summed E-state index contributed by atoms with van der Waals surface area (Å²) < 4.78 is 25.4. The molecule has 1 aromatic carbocycles. The molecule has 4 heterocycles. The fraction of sp³-hybridized carbons (Fsp3) is 0.200. The molecule has 0 spiro atoms. The number of primary amides is 1. The average Bonchev–Trinajstić information content (AvgIpc) is 3.46. The van der Waals surface area contributed by atoms with Crippen molar-refractivity contribution in [2.45, 2.75) is 26.1 Å². The van der Waals surface area contributed by atoms with Gasteiger partial charge in [0, 0.05) is 5.39 Å². The maximum atomic E-state index is 13.4. The van der Waals surface area contributed by atoms with E-state index in [2.05, 4.69) is 20.4 Å². The first-order valence-electron chi connectivity index (χ1n) is 9.72. The molecule has 0 saturated heterocycles. The molecule has 1 atom stereocenters. The van der Waals surface area contributed by atoms with E-state index >= 15 is 0 Å². The minimum absolute atomic E-state index is 0.00741. The number of tetrazole rings is 1. The summed E-state index contributed by atoms with van der Waals surface area (Å²) in [7, 11) is 0. The number of fused-ring (bicyclic) bond motifs is 2. The van der Waals surface area contributed by atoms with Crippen LogP contribution in [-0.2, 0) is 13.1 Å². The summed E-state index contributed by atoms with van der Waals surface area (Å²) in [5, 5.41) is 22.9. The summed E-state index contributed by atoms with van der Waals surface area (Å²) in [5.74, 6) is -0.628. The van der Waals surface area contributed by atoms with E-state index in [1.807, 2.05) is 0 Å². The van der Waals surface area contributed by atoms with Crippen molar-refractivity contribution in [3.05, 3.63) is 69.7 Å². The topological polar surface area (TPSA) is 168 Å². The molecule has 0 aliphatic carbocycles. The van der Waals surface area contributed by atoms with Gasteiger partial charge in [0.1, 0.15) is 40.7 Å². The Morgan fingerprint density at radius 2 is 2.12 bits per heavy atom. The van der Waals surface area contributed by atoms with Gasteiger partial charge in [0.15, 0.2) is 5.82 Å². The van der Waals surface area contributed by atoms with Gasteiger partial charge in [-0.1, -0.05) is 0 Å². The monoisotopic (exact) mass is 453 g/mol. The zero-order chi connectivity index (χ0) is 23.3. The third kappa shape index (κ3) is 3.63. The average molecular weight is 453 g/mol. The van der Waals surface area contributed by atoms with Crippen LogP contribution in [0.4, 0.5) is 4.39 Å². The van der Waals surface area contributed by atoms with Crippen LogP contribution >= 0.6 is 0 Å². The second kappa shape index (κ2) is 7.63. The lowest BCUT2D eigenvalue weighted by atomic mass is 10.2. The maximum Gasteiger partial charge on any atom is 0.265 e. The van der Waals surface area contributed by atoms with Gasteiger partial charge in [-0.2, -0.15) is 4.80 Å². The molecule has 0 bridgehead atoms. The normalized spacial score (nSPS) is 12.6. The molecule has 5 aromatic rings. The largest absolute Gasteiger partial charge is 0.458 e. The number of halogens is 1. The van der Waals surface area contributed by atoms with Crippen LogP contribution in [-0.4, -0.2) is 40.8 Å². The lowest BCUT2D eigenvalue weighted by Crippen LogP contribution is -2.24. The number of aromatic nitrogens is 6. The zero-order valence-electron chi connectivity index (χ0n) is 17.1. The van der Waals surface area contributed by atoms with Crippen LogP contribution in [0.5, 0.6) is 0 Å². The van der Waals surface area contributed by atoms with Crippen molar-refractivity contribution in [2.75, 3.05) is 0 Å². The van der Waals surface area contributed by atoms with Gasteiger partial charge in [0.05, 0.1) is 18.7 Å². The number of rotatable bonds is 6. The zero-order valence-corrected chi connectivity index (χ0v) is 17.1. The van der Waals surface area contributed by atoms with Crippen LogP contribution in [0, 0.1) is 12.7 Å². The van der Waals surface area contributed by atoms with Crippen LogP contribution in [0.15, 0.2) is 44.2 Å². The van der Waals surface area contributed by atoms with E-state index in [0.717, 1.165) is 4.80 Å². The minimum atomic E-state index is -1.12. The van der Waals surface area contributed by atoms with Crippen LogP contribution < -0.4 is 11.3 Å². The van der Waals surface area contributed by atoms with Crippen molar-refractivity contribution in [2.24, 2.45) is 5.73 Å². The molecule has 0 aliphatic heterocycles. The van der Waals surface area contributed by atoms with E-state index in [1.165, 1.54) is 42.1 Å². The molecule has 33 heavy (non-hydrogen) atoms. The van der Waals surface area contributed by atoms with Crippen molar-refractivity contribution in [1.29, 1.82) is 0 Å². The molecule has 5 rings (SSSR count). The molecule has 4 aromatic heterocycles. The van der Waals surface area contributed by atoms with E-state index in [-0.39, 0.29) is 47.1 Å². The number of furan rings is 2. The number of aryl methyl sites for hydroxylation is 1. The van der Waals surface area contributed by atoms with Gasteiger partial charge in [-0.05, 0) is 36.4 Å². The third-order valence-corrected chi connectivity index (χ3v) is 5.07. The molecule has 0 aliphatic rings. The first kappa shape index (κ1) is 20.5. The molecule has 3 N–H and O–H groups in total. The fourth-order valence-electron chi connectivity index (χ4n) is 3.56. The van der Waals surface area contributed by atoms with E-state index in [1.54, 1.807) is 0 Å². The maximum absolute atomic E-state index is 13.4. The smallest absolute Gasteiger partial charge is 0.265 e. The quantitative estimate of drug-likeness (QED) is 0.382. The molecule has 13 heteroatoms. The second-order valence-corrected chi connectivity index (χ2v) is 7.36. The Bertz CT molecular complexity index is 1580. The molecule has 12 nitrogen and oxygen atoms in total. The molecule has 0 fully saturated rings. The molecule has 0 radical (unpaired) electrons. The number of aliphatic hydroxyl groups is 1. The molecule has 0 unspecified atom stereocenters. The second-order valence-electron chi connectivity index (χ2n) is 7.36. The molecular formula is C20H16FN7O5. The van der Waals surface area contributed by atoms with Crippen LogP contribution in [0.2, 0.25) is 0 Å². The highest BCUT2D eigenvalue weighted by molar-refractivity contribution is 6.05. The number of nitrogens with two attached hydrogens (primary N) is 1. The number of nitrogens with zero attached hydrogens (tertiary/aromatic N) is 6. The van der Waals surface area contributed by atoms with E-state index in [4.69, 9.17) is 14.6 Å². The molecule has 168 valence electrons. The summed E-state index contributed by atoms with van der Waals surface area (Å²) in [6, 6.07) is 5.57. The number of benzene rings is 1. The van der Waals surface area contributed by atoms with Crippen molar-refractivity contribution in [3.8, 4) is 0 Å². The number of carbonyl (C=O) groups excluding carboxylic acids is 1. The van der Waals surface area contributed by atoms with Crippen LogP contribution in [0.25, 0.3) is 22.1 Å². The number of amides is 1. The number of carbonyl (C=O) groups is 1. The highest BCUT2D eigenvalue weighted by atomic mass is 19.1. The third-order valence-electron chi connectivity index (χ3n) is 5.07.